The van der Waals surface area contributed by atoms with E-state index < -0.39 is 0 Å². The summed E-state index contributed by atoms with van der Waals surface area (Å²) in [4.78, 5) is 5.23. The fourth-order valence-electron chi connectivity index (χ4n) is 1.78. The Bertz CT molecular complexity index is 646. The van der Waals surface area contributed by atoms with Crippen LogP contribution in [0.1, 0.15) is 22.8 Å². The highest BCUT2D eigenvalue weighted by Gasteiger charge is 2.15. The molecule has 19 heavy (non-hydrogen) atoms. The molecule has 2 aromatic heterocycles. The van der Waals surface area contributed by atoms with Crippen molar-refractivity contribution >= 4 is 17.6 Å². The average Bonchev–Trinajstić information content (AvgIpc) is 2.59. The van der Waals surface area contributed by atoms with Crippen molar-refractivity contribution in [3.05, 3.63) is 28.8 Å². The van der Waals surface area contributed by atoms with Crippen molar-refractivity contribution in [3.63, 3.8) is 0 Å². The Morgan fingerprint density at radius 3 is 2.53 bits per heavy atom. The molecule has 3 N–H and O–H groups in total. The molecule has 0 fully saturated rings. The molecule has 0 saturated heterocycles. The van der Waals surface area contributed by atoms with Gasteiger partial charge in [-0.3, -0.25) is 10.4 Å². The molecule has 0 atom stereocenters. The van der Waals surface area contributed by atoms with Gasteiger partial charge in [-0.15, -0.1) is 10.2 Å². The molecule has 0 aliphatic heterocycles. The first-order chi connectivity index (χ1) is 8.90. The van der Waals surface area contributed by atoms with Gasteiger partial charge in [0.15, 0.2) is 5.16 Å². The summed E-state index contributed by atoms with van der Waals surface area (Å²) in [5, 5.41) is 16.6. The first-order valence-electron chi connectivity index (χ1n) is 5.76. The minimum absolute atomic E-state index is 0.0198. The van der Waals surface area contributed by atoms with Crippen molar-refractivity contribution in [2.45, 2.75) is 30.8 Å². The lowest BCUT2D eigenvalue weighted by Gasteiger charge is -2.11. The number of aryl methyl sites for hydroxylation is 3. The predicted molar refractivity (Wildman–Crippen MR) is 74.6 cm³/mol. The van der Waals surface area contributed by atoms with Gasteiger partial charge in [-0.1, -0.05) is 0 Å². The maximum atomic E-state index is 7.69. The molecule has 0 bridgehead atoms. The maximum Gasteiger partial charge on any atom is 0.195 e. The normalized spacial score (nSPS) is 10.7. The van der Waals surface area contributed by atoms with Crippen molar-refractivity contribution in [1.82, 2.24) is 19.7 Å². The lowest BCUT2D eigenvalue weighted by Crippen LogP contribution is -2.15. The highest BCUT2D eigenvalue weighted by Crippen LogP contribution is 2.30. The van der Waals surface area contributed by atoms with Crippen molar-refractivity contribution in [2.24, 2.45) is 12.8 Å². The quantitative estimate of drug-likeness (QED) is 0.655. The lowest BCUT2D eigenvalue weighted by atomic mass is 10.1. The summed E-state index contributed by atoms with van der Waals surface area (Å²) in [5.74, 6) is 0.862. The van der Waals surface area contributed by atoms with Gasteiger partial charge in [0, 0.05) is 23.3 Å². The van der Waals surface area contributed by atoms with Crippen LogP contribution in [0.15, 0.2) is 16.1 Å². The first kappa shape index (κ1) is 13.5. The number of hydrogen-bond acceptors (Lipinski definition) is 5. The topological polar surface area (TPSA) is 93.5 Å². The summed E-state index contributed by atoms with van der Waals surface area (Å²) in [7, 11) is 1.91. The molecule has 0 aromatic carbocycles. The van der Waals surface area contributed by atoms with E-state index in [1.54, 1.807) is 0 Å². The number of nitrogen functional groups attached to an aromatic ring is 1. The van der Waals surface area contributed by atoms with E-state index in [9.17, 15) is 0 Å². The highest BCUT2D eigenvalue weighted by atomic mass is 32.2. The molecule has 0 unspecified atom stereocenters. The smallest absolute Gasteiger partial charge is 0.195 e. The van der Waals surface area contributed by atoms with Gasteiger partial charge in [-0.25, -0.2) is 0 Å². The van der Waals surface area contributed by atoms with Gasteiger partial charge in [0.25, 0.3) is 0 Å². The molecular weight excluding hydrogens is 260 g/mol. The monoisotopic (exact) mass is 276 g/mol. The SMILES string of the molecule is Cc1cc(Sc2nnc(C)n2C)c(C(=N)N)c(C)n1. The Hall–Kier alpha value is -1.89. The molecule has 100 valence electrons. The van der Waals surface area contributed by atoms with Gasteiger partial charge in [-0.2, -0.15) is 0 Å². The molecule has 0 aliphatic carbocycles. The highest BCUT2D eigenvalue weighted by molar-refractivity contribution is 7.99. The van der Waals surface area contributed by atoms with Crippen LogP contribution in [0.5, 0.6) is 0 Å². The molecule has 2 rings (SSSR count). The Kier molecular flexibility index (Phi) is 3.57. The van der Waals surface area contributed by atoms with Crippen LogP contribution in [0, 0.1) is 26.2 Å². The standard InChI is InChI=1S/C12H16N6S/c1-6-5-9(10(11(13)14)7(2)15-6)19-12-17-16-8(3)18(12)4/h5H,1-4H3,(H3,13,14). The van der Waals surface area contributed by atoms with Crippen LogP contribution in [0.3, 0.4) is 0 Å². The molecule has 2 heterocycles. The summed E-state index contributed by atoms with van der Waals surface area (Å²) in [5.41, 5.74) is 7.96. The van der Waals surface area contributed by atoms with Gasteiger partial charge in [-0.05, 0) is 38.6 Å². The lowest BCUT2D eigenvalue weighted by molar-refractivity contribution is 0.765. The number of hydrogen-bond donors (Lipinski definition) is 2. The summed E-state index contributed by atoms with van der Waals surface area (Å²) < 4.78 is 1.90. The maximum absolute atomic E-state index is 7.69. The molecule has 0 amide bonds. The Labute approximate surface area is 116 Å². The third-order valence-corrected chi connectivity index (χ3v) is 3.90. The molecule has 7 heteroatoms. The third-order valence-electron chi connectivity index (χ3n) is 2.82. The third kappa shape index (κ3) is 2.60. The van der Waals surface area contributed by atoms with Gasteiger partial charge in [0.1, 0.15) is 11.7 Å². The zero-order valence-electron chi connectivity index (χ0n) is 11.4. The zero-order valence-corrected chi connectivity index (χ0v) is 12.2. The van der Waals surface area contributed by atoms with Gasteiger partial charge in [0.05, 0.1) is 5.56 Å². The number of rotatable bonds is 3. The number of aromatic nitrogens is 4. The summed E-state index contributed by atoms with van der Waals surface area (Å²) in [6.07, 6.45) is 0. The van der Waals surface area contributed by atoms with Gasteiger partial charge < -0.3 is 10.3 Å². The fraction of sp³-hybridized carbons (Fsp3) is 0.333. The van der Waals surface area contributed by atoms with Crippen molar-refractivity contribution in [2.75, 3.05) is 0 Å². The van der Waals surface area contributed by atoms with E-state index in [1.165, 1.54) is 11.8 Å². The number of nitrogens with one attached hydrogen (secondary N) is 1. The molecule has 0 saturated carbocycles. The van der Waals surface area contributed by atoms with E-state index >= 15 is 0 Å². The molecule has 0 radical (unpaired) electrons. The van der Waals surface area contributed by atoms with Crippen molar-refractivity contribution < 1.29 is 0 Å². The molecule has 0 spiro atoms. The Balaban J connectivity index is 2.50. The molecule has 6 nitrogen and oxygen atoms in total. The fourth-order valence-corrected chi connectivity index (χ4v) is 2.91. The Morgan fingerprint density at radius 1 is 1.32 bits per heavy atom. The number of pyridine rings is 1. The minimum atomic E-state index is 0.0198. The summed E-state index contributed by atoms with van der Waals surface area (Å²) >= 11 is 1.45. The molecule has 2 aromatic rings. The van der Waals surface area contributed by atoms with Crippen LogP contribution in [0.4, 0.5) is 0 Å². The molecule has 0 aliphatic rings. The number of amidine groups is 1. The van der Waals surface area contributed by atoms with Crippen molar-refractivity contribution in [3.8, 4) is 0 Å². The second kappa shape index (κ2) is 5.00. The largest absolute Gasteiger partial charge is 0.384 e. The predicted octanol–water partition coefficient (Wildman–Crippen LogP) is 1.57. The average molecular weight is 276 g/mol. The zero-order chi connectivity index (χ0) is 14.2. The van der Waals surface area contributed by atoms with Crippen LogP contribution in [0.25, 0.3) is 0 Å². The van der Waals surface area contributed by atoms with Gasteiger partial charge >= 0.3 is 0 Å². The summed E-state index contributed by atoms with van der Waals surface area (Å²) in [6, 6.07) is 1.92. The van der Waals surface area contributed by atoms with E-state index in [-0.39, 0.29) is 5.84 Å². The van der Waals surface area contributed by atoms with E-state index in [4.69, 9.17) is 11.1 Å². The van der Waals surface area contributed by atoms with Crippen LogP contribution < -0.4 is 5.73 Å². The second-order valence-corrected chi connectivity index (χ2v) is 5.34. The molecular formula is C12H16N6S. The van der Waals surface area contributed by atoms with E-state index in [1.807, 2.05) is 38.5 Å². The number of nitrogens with zero attached hydrogens (tertiary/aromatic N) is 4. The van der Waals surface area contributed by atoms with Crippen LogP contribution in [0.2, 0.25) is 0 Å². The Morgan fingerprint density at radius 2 is 2.00 bits per heavy atom. The van der Waals surface area contributed by atoms with E-state index in [0.717, 1.165) is 27.3 Å². The van der Waals surface area contributed by atoms with E-state index in [2.05, 4.69) is 15.2 Å². The van der Waals surface area contributed by atoms with Crippen LogP contribution >= 0.6 is 11.8 Å². The van der Waals surface area contributed by atoms with Gasteiger partial charge in [0.2, 0.25) is 0 Å². The minimum Gasteiger partial charge on any atom is -0.384 e. The van der Waals surface area contributed by atoms with Crippen LogP contribution in [-0.2, 0) is 7.05 Å². The van der Waals surface area contributed by atoms with Crippen molar-refractivity contribution in [1.29, 1.82) is 5.41 Å². The van der Waals surface area contributed by atoms with E-state index in [0.29, 0.717) is 5.56 Å². The number of nitrogens with two attached hydrogens (primary N) is 1. The first-order valence-corrected chi connectivity index (χ1v) is 6.58. The summed E-state index contributed by atoms with van der Waals surface area (Å²) in [6.45, 7) is 5.67. The van der Waals surface area contributed by atoms with Crippen LogP contribution in [-0.4, -0.2) is 25.6 Å². The second-order valence-electron chi connectivity index (χ2n) is 4.33.